The molecular formula is C18H28N2O. The molecule has 1 aromatic heterocycles. The smallest absolute Gasteiger partial charge is 0.0469 e. The highest BCUT2D eigenvalue weighted by Gasteiger charge is 2.27. The van der Waals surface area contributed by atoms with Crippen LogP contribution in [-0.2, 0) is 11.2 Å². The van der Waals surface area contributed by atoms with Gasteiger partial charge in [-0.25, -0.2) is 0 Å². The van der Waals surface area contributed by atoms with Crippen LogP contribution in [0.4, 0.5) is 0 Å². The summed E-state index contributed by atoms with van der Waals surface area (Å²) in [6, 6.07) is 5.20. The first-order valence-electron chi connectivity index (χ1n) is 8.54. The van der Waals surface area contributed by atoms with Gasteiger partial charge in [-0.15, -0.1) is 0 Å². The monoisotopic (exact) mass is 288 g/mol. The molecule has 0 bridgehead atoms. The SMILES string of the molecule is Cc1cc(CCC2CCCN2CC2CCOCC2)ccn1. The zero-order valence-corrected chi connectivity index (χ0v) is 13.3. The van der Waals surface area contributed by atoms with Crippen LogP contribution in [0.1, 0.15) is 43.4 Å². The number of nitrogens with zero attached hydrogens (tertiary/aromatic N) is 2. The summed E-state index contributed by atoms with van der Waals surface area (Å²) in [5, 5.41) is 0. The number of aryl methyl sites for hydroxylation is 2. The number of rotatable bonds is 5. The van der Waals surface area contributed by atoms with E-state index in [1.54, 1.807) is 0 Å². The summed E-state index contributed by atoms with van der Waals surface area (Å²) in [5.74, 6) is 0.863. The van der Waals surface area contributed by atoms with Crippen LogP contribution in [-0.4, -0.2) is 42.2 Å². The summed E-state index contributed by atoms with van der Waals surface area (Å²) in [6.07, 6.45) is 9.71. The third-order valence-electron chi connectivity index (χ3n) is 5.06. The maximum atomic E-state index is 5.48. The molecule has 0 radical (unpaired) electrons. The van der Waals surface area contributed by atoms with E-state index in [9.17, 15) is 0 Å². The van der Waals surface area contributed by atoms with Gasteiger partial charge in [0, 0.05) is 37.7 Å². The highest BCUT2D eigenvalue weighted by molar-refractivity contribution is 5.15. The molecule has 3 nitrogen and oxygen atoms in total. The van der Waals surface area contributed by atoms with Crippen molar-refractivity contribution in [1.82, 2.24) is 9.88 Å². The molecule has 2 aliphatic rings. The molecule has 2 fully saturated rings. The number of hydrogen-bond acceptors (Lipinski definition) is 3. The summed E-state index contributed by atoms with van der Waals surface area (Å²) >= 11 is 0. The van der Waals surface area contributed by atoms with Crippen molar-refractivity contribution in [2.45, 2.75) is 51.5 Å². The van der Waals surface area contributed by atoms with E-state index in [2.05, 4.69) is 28.9 Å². The average Bonchev–Trinajstić information content (AvgIpc) is 2.93. The Balaban J connectivity index is 1.49. The lowest BCUT2D eigenvalue weighted by Gasteiger charge is -2.31. The molecule has 21 heavy (non-hydrogen) atoms. The molecule has 1 aromatic rings. The van der Waals surface area contributed by atoms with E-state index in [-0.39, 0.29) is 0 Å². The largest absolute Gasteiger partial charge is 0.381 e. The topological polar surface area (TPSA) is 25.4 Å². The van der Waals surface area contributed by atoms with Crippen molar-refractivity contribution >= 4 is 0 Å². The van der Waals surface area contributed by atoms with Gasteiger partial charge in [0.05, 0.1) is 0 Å². The van der Waals surface area contributed by atoms with Crippen molar-refractivity contribution in [3.05, 3.63) is 29.6 Å². The Labute approximate surface area is 128 Å². The standard InChI is InChI=1S/C18H28N2O/c1-15-13-16(6-9-19-15)4-5-18-3-2-10-20(18)14-17-7-11-21-12-8-17/h6,9,13,17-18H,2-5,7-8,10-12,14H2,1H3. The third kappa shape index (κ3) is 4.27. The molecule has 0 aliphatic carbocycles. The van der Waals surface area contributed by atoms with Gasteiger partial charge in [-0.2, -0.15) is 0 Å². The zero-order valence-electron chi connectivity index (χ0n) is 13.3. The van der Waals surface area contributed by atoms with Crippen LogP contribution in [0.15, 0.2) is 18.3 Å². The predicted octanol–water partition coefficient (Wildman–Crippen LogP) is 3.21. The van der Waals surface area contributed by atoms with E-state index in [1.165, 1.54) is 57.2 Å². The lowest BCUT2D eigenvalue weighted by Crippen LogP contribution is -2.36. The molecule has 1 unspecified atom stereocenters. The van der Waals surface area contributed by atoms with Gasteiger partial charge < -0.3 is 9.64 Å². The second kappa shape index (κ2) is 7.37. The number of likely N-dealkylation sites (tertiary alicyclic amines) is 1. The molecule has 0 spiro atoms. The summed E-state index contributed by atoms with van der Waals surface area (Å²) in [6.45, 7) is 6.62. The Morgan fingerprint density at radius 1 is 1.29 bits per heavy atom. The Morgan fingerprint density at radius 2 is 2.14 bits per heavy atom. The maximum Gasteiger partial charge on any atom is 0.0469 e. The van der Waals surface area contributed by atoms with Gasteiger partial charge in [-0.1, -0.05) is 0 Å². The van der Waals surface area contributed by atoms with Gasteiger partial charge in [0.1, 0.15) is 0 Å². The molecule has 0 saturated carbocycles. The van der Waals surface area contributed by atoms with E-state index in [4.69, 9.17) is 4.74 Å². The minimum absolute atomic E-state index is 0.793. The highest BCUT2D eigenvalue weighted by atomic mass is 16.5. The maximum absolute atomic E-state index is 5.48. The normalized spacial score (nSPS) is 24.5. The number of pyridine rings is 1. The lowest BCUT2D eigenvalue weighted by molar-refractivity contribution is 0.0502. The van der Waals surface area contributed by atoms with Crippen molar-refractivity contribution < 1.29 is 4.74 Å². The number of hydrogen-bond donors (Lipinski definition) is 0. The fourth-order valence-electron chi connectivity index (χ4n) is 3.82. The van der Waals surface area contributed by atoms with E-state index in [1.807, 2.05) is 6.20 Å². The van der Waals surface area contributed by atoms with Crippen LogP contribution >= 0.6 is 0 Å². The van der Waals surface area contributed by atoms with E-state index < -0.39 is 0 Å². The molecule has 2 saturated heterocycles. The zero-order chi connectivity index (χ0) is 14.5. The van der Waals surface area contributed by atoms with Crippen LogP contribution in [0.25, 0.3) is 0 Å². The van der Waals surface area contributed by atoms with Crippen LogP contribution < -0.4 is 0 Å². The fraction of sp³-hybridized carbons (Fsp3) is 0.722. The third-order valence-corrected chi connectivity index (χ3v) is 5.06. The van der Waals surface area contributed by atoms with Crippen LogP contribution in [0.2, 0.25) is 0 Å². The quantitative estimate of drug-likeness (QED) is 0.832. The summed E-state index contributed by atoms with van der Waals surface area (Å²) < 4.78 is 5.48. The van der Waals surface area contributed by atoms with Gasteiger partial charge in [-0.05, 0) is 75.6 Å². The Kier molecular flexibility index (Phi) is 5.26. The molecule has 0 aromatic carbocycles. The number of aromatic nitrogens is 1. The Hall–Kier alpha value is -0.930. The molecule has 3 heteroatoms. The van der Waals surface area contributed by atoms with Crippen molar-refractivity contribution in [2.24, 2.45) is 5.92 Å². The molecule has 3 rings (SSSR count). The molecule has 1 atom stereocenters. The molecule has 2 aliphatic heterocycles. The van der Waals surface area contributed by atoms with Crippen molar-refractivity contribution in [3.8, 4) is 0 Å². The molecular weight excluding hydrogens is 260 g/mol. The first-order chi connectivity index (χ1) is 10.3. The Morgan fingerprint density at radius 3 is 2.95 bits per heavy atom. The second-order valence-corrected chi connectivity index (χ2v) is 6.69. The van der Waals surface area contributed by atoms with Crippen LogP contribution in [0, 0.1) is 12.8 Å². The van der Waals surface area contributed by atoms with Crippen molar-refractivity contribution in [1.29, 1.82) is 0 Å². The van der Waals surface area contributed by atoms with E-state index in [0.29, 0.717) is 0 Å². The van der Waals surface area contributed by atoms with Crippen molar-refractivity contribution in [3.63, 3.8) is 0 Å². The highest BCUT2D eigenvalue weighted by Crippen LogP contribution is 2.25. The minimum atomic E-state index is 0.793. The van der Waals surface area contributed by atoms with Crippen LogP contribution in [0.3, 0.4) is 0 Å². The van der Waals surface area contributed by atoms with Gasteiger partial charge in [0.15, 0.2) is 0 Å². The van der Waals surface area contributed by atoms with Gasteiger partial charge >= 0.3 is 0 Å². The van der Waals surface area contributed by atoms with Crippen molar-refractivity contribution in [2.75, 3.05) is 26.3 Å². The molecule has 116 valence electrons. The van der Waals surface area contributed by atoms with Crippen LogP contribution in [0.5, 0.6) is 0 Å². The van der Waals surface area contributed by atoms with E-state index >= 15 is 0 Å². The van der Waals surface area contributed by atoms with Gasteiger partial charge in [-0.3, -0.25) is 4.98 Å². The molecule has 0 N–H and O–H groups in total. The Bertz CT molecular complexity index is 443. The predicted molar refractivity (Wildman–Crippen MR) is 85.4 cm³/mol. The average molecular weight is 288 g/mol. The summed E-state index contributed by atoms with van der Waals surface area (Å²) in [5.41, 5.74) is 2.58. The minimum Gasteiger partial charge on any atom is -0.381 e. The van der Waals surface area contributed by atoms with E-state index in [0.717, 1.165) is 30.9 Å². The molecule has 0 amide bonds. The molecule has 3 heterocycles. The lowest BCUT2D eigenvalue weighted by atomic mass is 9.98. The summed E-state index contributed by atoms with van der Waals surface area (Å²) in [7, 11) is 0. The second-order valence-electron chi connectivity index (χ2n) is 6.69. The summed E-state index contributed by atoms with van der Waals surface area (Å²) in [4.78, 5) is 7.04. The van der Waals surface area contributed by atoms with Gasteiger partial charge in [0.2, 0.25) is 0 Å². The first kappa shape index (κ1) is 15.0. The fourth-order valence-corrected chi connectivity index (χ4v) is 3.82. The van der Waals surface area contributed by atoms with Gasteiger partial charge in [0.25, 0.3) is 0 Å². The number of ether oxygens (including phenoxy) is 1. The first-order valence-corrected chi connectivity index (χ1v) is 8.54.